The summed E-state index contributed by atoms with van der Waals surface area (Å²) in [5.41, 5.74) is 1.04. The predicted octanol–water partition coefficient (Wildman–Crippen LogP) is 2.74. The minimum absolute atomic E-state index is 0.115. The van der Waals surface area contributed by atoms with Crippen molar-refractivity contribution in [1.82, 2.24) is 0 Å². The van der Waals surface area contributed by atoms with E-state index in [9.17, 15) is 4.79 Å². The van der Waals surface area contributed by atoms with E-state index in [1.165, 1.54) is 0 Å². The minimum Gasteiger partial charge on any atom is -0.466 e. The van der Waals surface area contributed by atoms with Gasteiger partial charge >= 0.3 is 5.97 Å². The highest BCUT2D eigenvalue weighted by molar-refractivity contribution is 5.78. The fraction of sp³-hybridized carbons (Fsp3) is 0.417. The van der Waals surface area contributed by atoms with Gasteiger partial charge in [0.1, 0.15) is 0 Å². The van der Waals surface area contributed by atoms with Crippen LogP contribution in [-0.2, 0) is 9.53 Å². The lowest BCUT2D eigenvalue weighted by Gasteiger charge is -2.13. The molecule has 0 saturated carbocycles. The number of benzene rings is 1. The molecule has 2 heteroatoms. The Hall–Kier alpha value is -1.31. The molecule has 0 aromatic heterocycles. The fourth-order valence-electron chi connectivity index (χ4n) is 1.47. The Morgan fingerprint density at radius 1 is 1.29 bits per heavy atom. The van der Waals surface area contributed by atoms with Crippen molar-refractivity contribution in [3.05, 3.63) is 35.9 Å². The molecule has 0 spiro atoms. The minimum atomic E-state index is -0.124. The summed E-state index contributed by atoms with van der Waals surface area (Å²) in [6.45, 7) is 4.27. The second-order valence-corrected chi connectivity index (χ2v) is 3.12. The van der Waals surface area contributed by atoms with E-state index >= 15 is 0 Å². The van der Waals surface area contributed by atoms with Gasteiger partial charge in [-0.3, -0.25) is 4.79 Å². The van der Waals surface area contributed by atoms with Crippen LogP contribution in [0.4, 0.5) is 0 Å². The zero-order valence-corrected chi connectivity index (χ0v) is 8.69. The first-order valence-corrected chi connectivity index (χ1v) is 5.01. The van der Waals surface area contributed by atoms with E-state index in [-0.39, 0.29) is 11.9 Å². The van der Waals surface area contributed by atoms with Crippen molar-refractivity contribution >= 4 is 5.97 Å². The molecule has 76 valence electrons. The van der Waals surface area contributed by atoms with Gasteiger partial charge in [-0.1, -0.05) is 37.3 Å². The lowest BCUT2D eigenvalue weighted by atomic mass is 9.97. The average Bonchev–Trinajstić information content (AvgIpc) is 2.21. The van der Waals surface area contributed by atoms with E-state index in [0.717, 1.165) is 12.0 Å². The van der Waals surface area contributed by atoms with Crippen LogP contribution in [0.1, 0.15) is 31.7 Å². The number of carbonyl (C=O) groups excluding carboxylic acids is 1. The fourth-order valence-corrected chi connectivity index (χ4v) is 1.47. The summed E-state index contributed by atoms with van der Waals surface area (Å²) < 4.78 is 5.01. The summed E-state index contributed by atoms with van der Waals surface area (Å²) in [6, 6.07) is 9.76. The largest absolute Gasteiger partial charge is 0.466 e. The van der Waals surface area contributed by atoms with Crippen molar-refractivity contribution in [2.45, 2.75) is 26.2 Å². The monoisotopic (exact) mass is 192 g/mol. The Balaban J connectivity index is 2.77. The molecule has 14 heavy (non-hydrogen) atoms. The van der Waals surface area contributed by atoms with Crippen LogP contribution in [0.3, 0.4) is 0 Å². The van der Waals surface area contributed by atoms with E-state index in [2.05, 4.69) is 0 Å². The second-order valence-electron chi connectivity index (χ2n) is 3.12. The van der Waals surface area contributed by atoms with E-state index < -0.39 is 0 Å². The van der Waals surface area contributed by atoms with Crippen LogP contribution >= 0.6 is 0 Å². The predicted molar refractivity (Wildman–Crippen MR) is 56.1 cm³/mol. The molecule has 1 atom stereocenters. The Kier molecular flexibility index (Phi) is 4.17. The first kappa shape index (κ1) is 10.8. The summed E-state index contributed by atoms with van der Waals surface area (Å²) >= 11 is 0. The molecule has 0 bridgehead atoms. The van der Waals surface area contributed by atoms with Crippen LogP contribution in [0.5, 0.6) is 0 Å². The molecule has 0 heterocycles. The summed E-state index contributed by atoms with van der Waals surface area (Å²) in [6.07, 6.45) is 0.781. The smallest absolute Gasteiger partial charge is 0.313 e. The number of rotatable bonds is 4. The lowest BCUT2D eigenvalue weighted by molar-refractivity contribution is -0.145. The first-order valence-electron chi connectivity index (χ1n) is 5.01. The lowest BCUT2D eigenvalue weighted by Crippen LogP contribution is -2.15. The van der Waals surface area contributed by atoms with Gasteiger partial charge in [-0.2, -0.15) is 0 Å². The van der Waals surface area contributed by atoms with Gasteiger partial charge in [0.15, 0.2) is 0 Å². The summed E-state index contributed by atoms with van der Waals surface area (Å²) in [4.78, 5) is 11.6. The highest BCUT2D eigenvalue weighted by atomic mass is 16.5. The number of hydrogen-bond acceptors (Lipinski definition) is 2. The van der Waals surface area contributed by atoms with Gasteiger partial charge in [0.25, 0.3) is 0 Å². The van der Waals surface area contributed by atoms with Gasteiger partial charge in [-0.25, -0.2) is 0 Å². The van der Waals surface area contributed by atoms with E-state index in [1.807, 2.05) is 44.2 Å². The van der Waals surface area contributed by atoms with Crippen molar-refractivity contribution in [1.29, 1.82) is 0 Å². The molecule has 2 nitrogen and oxygen atoms in total. The number of carbonyl (C=O) groups is 1. The molecule has 0 aliphatic rings. The van der Waals surface area contributed by atoms with Crippen LogP contribution in [0.15, 0.2) is 30.3 Å². The van der Waals surface area contributed by atoms with Crippen molar-refractivity contribution in [3.8, 4) is 0 Å². The van der Waals surface area contributed by atoms with Gasteiger partial charge in [0.2, 0.25) is 0 Å². The standard InChI is InChI=1S/C12H16O2/c1-3-11(12(13)14-4-2)10-8-6-5-7-9-10/h5-9,11H,3-4H2,1-2H3. The third-order valence-electron chi connectivity index (χ3n) is 2.18. The molecule has 0 fully saturated rings. The number of hydrogen-bond donors (Lipinski definition) is 0. The summed E-state index contributed by atoms with van der Waals surface area (Å²) in [5.74, 6) is -0.239. The molecule has 1 aromatic rings. The zero-order valence-electron chi connectivity index (χ0n) is 8.69. The quantitative estimate of drug-likeness (QED) is 0.686. The molecule has 0 aliphatic heterocycles. The average molecular weight is 192 g/mol. The van der Waals surface area contributed by atoms with Crippen molar-refractivity contribution in [3.63, 3.8) is 0 Å². The van der Waals surface area contributed by atoms with Gasteiger partial charge in [-0.15, -0.1) is 0 Å². The van der Waals surface area contributed by atoms with Gasteiger partial charge < -0.3 is 4.74 Å². The van der Waals surface area contributed by atoms with Crippen LogP contribution < -0.4 is 0 Å². The first-order chi connectivity index (χ1) is 6.79. The maximum absolute atomic E-state index is 11.6. The third kappa shape index (κ3) is 2.59. The van der Waals surface area contributed by atoms with E-state index in [4.69, 9.17) is 4.74 Å². The molecular weight excluding hydrogens is 176 g/mol. The maximum atomic E-state index is 11.6. The molecule has 0 radical (unpaired) electrons. The highest BCUT2D eigenvalue weighted by Crippen LogP contribution is 2.20. The molecule has 1 rings (SSSR count). The molecule has 1 unspecified atom stereocenters. The van der Waals surface area contributed by atoms with E-state index in [0.29, 0.717) is 6.61 Å². The van der Waals surface area contributed by atoms with Crippen molar-refractivity contribution < 1.29 is 9.53 Å². The molecule has 0 aliphatic carbocycles. The van der Waals surface area contributed by atoms with Crippen molar-refractivity contribution in [2.75, 3.05) is 6.61 Å². The maximum Gasteiger partial charge on any atom is 0.313 e. The van der Waals surface area contributed by atoms with Crippen molar-refractivity contribution in [2.24, 2.45) is 0 Å². The zero-order chi connectivity index (χ0) is 10.4. The Morgan fingerprint density at radius 3 is 2.43 bits per heavy atom. The van der Waals surface area contributed by atoms with Crippen LogP contribution in [0.2, 0.25) is 0 Å². The van der Waals surface area contributed by atoms with E-state index in [1.54, 1.807) is 0 Å². The third-order valence-corrected chi connectivity index (χ3v) is 2.18. The SMILES string of the molecule is CCOC(=O)C(CC)c1ccccc1. The number of esters is 1. The molecule has 0 N–H and O–H groups in total. The highest BCUT2D eigenvalue weighted by Gasteiger charge is 2.18. The normalized spacial score (nSPS) is 12.1. The molecule has 1 aromatic carbocycles. The van der Waals surface area contributed by atoms with Crippen LogP contribution in [0.25, 0.3) is 0 Å². The van der Waals surface area contributed by atoms with Crippen LogP contribution in [-0.4, -0.2) is 12.6 Å². The topological polar surface area (TPSA) is 26.3 Å². The second kappa shape index (κ2) is 5.43. The summed E-state index contributed by atoms with van der Waals surface area (Å²) in [5, 5.41) is 0. The summed E-state index contributed by atoms with van der Waals surface area (Å²) in [7, 11) is 0. The molecular formula is C12H16O2. The Bertz CT molecular complexity index is 280. The van der Waals surface area contributed by atoms with Gasteiger partial charge in [0, 0.05) is 0 Å². The Morgan fingerprint density at radius 2 is 1.93 bits per heavy atom. The van der Waals surface area contributed by atoms with Gasteiger partial charge in [0.05, 0.1) is 12.5 Å². The van der Waals surface area contributed by atoms with Crippen LogP contribution in [0, 0.1) is 0 Å². The number of ether oxygens (including phenoxy) is 1. The Labute approximate surface area is 84.9 Å². The molecule has 0 saturated heterocycles. The molecule has 0 amide bonds. The van der Waals surface area contributed by atoms with Gasteiger partial charge in [-0.05, 0) is 18.9 Å².